The van der Waals surface area contributed by atoms with Gasteiger partial charge in [0.1, 0.15) is 6.73 Å². The summed E-state index contributed by atoms with van der Waals surface area (Å²) >= 11 is 0. The average Bonchev–Trinajstić information content (AvgIpc) is 3.23. The molecule has 0 saturated carbocycles. The topological polar surface area (TPSA) is 73.4 Å². The first-order valence-corrected chi connectivity index (χ1v) is 15.7. The van der Waals surface area contributed by atoms with E-state index in [0.29, 0.717) is 13.3 Å². The molecular weight excluding hydrogens is 468 g/mol. The Kier molecular flexibility index (Phi) is 7.66. The molecule has 1 heterocycles. The second-order valence-corrected chi connectivity index (χ2v) is 15.6. The van der Waals surface area contributed by atoms with E-state index in [1.807, 2.05) is 83.4 Å². The summed E-state index contributed by atoms with van der Waals surface area (Å²) in [5, 5.41) is 17.2. The monoisotopic (exact) mass is 500 g/mol. The Bertz CT molecular complexity index is 1380. The van der Waals surface area contributed by atoms with E-state index in [-0.39, 0.29) is 10.6 Å². The van der Waals surface area contributed by atoms with E-state index in [1.165, 1.54) is 6.07 Å². The maximum Gasteiger partial charge on any atom is 0.271 e. The quantitative estimate of drug-likeness (QED) is 0.0996. The van der Waals surface area contributed by atoms with Crippen molar-refractivity contribution in [2.45, 2.75) is 32.4 Å². The van der Waals surface area contributed by atoms with Crippen molar-refractivity contribution in [1.29, 1.82) is 0 Å². The second-order valence-electron chi connectivity index (χ2n) is 9.98. The van der Waals surface area contributed by atoms with Gasteiger partial charge in [0.25, 0.3) is 5.69 Å². The fourth-order valence-electron chi connectivity index (χ4n) is 3.96. The van der Waals surface area contributed by atoms with E-state index < -0.39 is 8.07 Å². The summed E-state index contributed by atoms with van der Waals surface area (Å²) in [7, 11) is 0.728. The minimum atomic E-state index is -1.19. The largest absolute Gasteiger partial charge is 0.360 e. The number of fused-ring (bicyclic) bond motifs is 1. The number of anilines is 2. The zero-order chi connectivity index (χ0) is 25.7. The van der Waals surface area contributed by atoms with Crippen LogP contribution in [0, 0.1) is 10.1 Å². The number of nitro benzene ring substituents is 1. The number of hydrogen-bond donors (Lipinski definition) is 0. The first-order valence-electron chi connectivity index (χ1n) is 12.0. The van der Waals surface area contributed by atoms with Gasteiger partial charge in [0.05, 0.1) is 27.2 Å². The average molecular weight is 501 g/mol. The van der Waals surface area contributed by atoms with E-state index in [9.17, 15) is 10.1 Å². The van der Waals surface area contributed by atoms with Crippen molar-refractivity contribution in [1.82, 2.24) is 9.78 Å². The maximum absolute atomic E-state index is 11.3. The molecule has 1 aromatic heterocycles. The highest BCUT2D eigenvalue weighted by Gasteiger charge is 2.18. The number of ether oxygens (including phenoxy) is 1. The molecule has 0 amide bonds. The third kappa shape index (κ3) is 6.08. The minimum Gasteiger partial charge on any atom is -0.360 e. The van der Waals surface area contributed by atoms with Gasteiger partial charge in [-0.05, 0) is 35.9 Å². The highest BCUT2D eigenvalue weighted by Crippen LogP contribution is 2.35. The molecule has 4 aromatic rings. The highest BCUT2D eigenvalue weighted by atomic mass is 28.3. The lowest BCUT2D eigenvalue weighted by atomic mass is 10.1. The summed E-state index contributed by atoms with van der Waals surface area (Å²) in [6.45, 7) is 8.08. The van der Waals surface area contributed by atoms with Crippen molar-refractivity contribution in [3.63, 3.8) is 0 Å². The Morgan fingerprint density at radius 2 is 1.78 bits per heavy atom. The molecule has 4 rings (SSSR count). The van der Waals surface area contributed by atoms with Crippen LogP contribution in [0.25, 0.3) is 23.1 Å². The molecule has 0 atom stereocenters. The third-order valence-corrected chi connectivity index (χ3v) is 7.72. The Labute approximate surface area is 212 Å². The highest BCUT2D eigenvalue weighted by molar-refractivity contribution is 6.76. The lowest BCUT2D eigenvalue weighted by molar-refractivity contribution is -0.384. The predicted molar refractivity (Wildman–Crippen MR) is 150 cm³/mol. The van der Waals surface area contributed by atoms with Gasteiger partial charge in [-0.3, -0.25) is 10.1 Å². The van der Waals surface area contributed by atoms with Crippen LogP contribution in [0.3, 0.4) is 0 Å². The molecule has 3 aromatic carbocycles. The molecule has 0 aliphatic heterocycles. The van der Waals surface area contributed by atoms with E-state index in [4.69, 9.17) is 9.84 Å². The molecule has 7 nitrogen and oxygen atoms in total. The predicted octanol–water partition coefficient (Wildman–Crippen LogP) is 7.20. The molecule has 186 valence electrons. The Hall–Kier alpha value is -3.75. The van der Waals surface area contributed by atoms with Crippen molar-refractivity contribution in [3.8, 4) is 0 Å². The van der Waals surface area contributed by atoms with Gasteiger partial charge >= 0.3 is 0 Å². The van der Waals surface area contributed by atoms with Gasteiger partial charge in [-0.1, -0.05) is 68.2 Å². The van der Waals surface area contributed by atoms with E-state index in [0.717, 1.165) is 39.6 Å². The Morgan fingerprint density at radius 3 is 2.50 bits per heavy atom. The first kappa shape index (κ1) is 25.3. The smallest absolute Gasteiger partial charge is 0.271 e. The van der Waals surface area contributed by atoms with Crippen LogP contribution in [0.5, 0.6) is 0 Å². The molecule has 0 aliphatic carbocycles. The molecule has 0 unspecified atom stereocenters. The number of benzene rings is 3. The number of non-ortho nitro benzene ring substituents is 1. The summed E-state index contributed by atoms with van der Waals surface area (Å²) in [5.41, 5.74) is 4.54. The summed E-state index contributed by atoms with van der Waals surface area (Å²) in [5.74, 6) is 0. The summed E-state index contributed by atoms with van der Waals surface area (Å²) in [6, 6.07) is 23.9. The zero-order valence-corrected chi connectivity index (χ0v) is 22.2. The van der Waals surface area contributed by atoms with Crippen molar-refractivity contribution in [2.75, 3.05) is 18.6 Å². The van der Waals surface area contributed by atoms with E-state index >= 15 is 0 Å². The van der Waals surface area contributed by atoms with Crippen LogP contribution in [0.4, 0.5) is 17.1 Å². The van der Waals surface area contributed by atoms with Gasteiger partial charge in [-0.2, -0.15) is 5.10 Å². The number of hydrogen-bond acceptors (Lipinski definition) is 5. The van der Waals surface area contributed by atoms with Crippen LogP contribution < -0.4 is 4.90 Å². The van der Waals surface area contributed by atoms with Gasteiger partial charge in [-0.25, -0.2) is 4.68 Å². The van der Waals surface area contributed by atoms with Gasteiger partial charge in [0.2, 0.25) is 0 Å². The van der Waals surface area contributed by atoms with Crippen LogP contribution in [0.2, 0.25) is 25.7 Å². The van der Waals surface area contributed by atoms with Gasteiger partial charge in [0.15, 0.2) is 0 Å². The molecule has 0 spiro atoms. The SMILES string of the molecule is CN(c1cccc([N+](=O)[O-])c1)c1cccc2c1c(C=Cc1ccccc1)nn2COCC[Si](C)(C)C. The maximum atomic E-state index is 11.3. The fraction of sp³-hybridized carbons (Fsp3) is 0.250. The van der Waals surface area contributed by atoms with Gasteiger partial charge < -0.3 is 9.64 Å². The van der Waals surface area contributed by atoms with Crippen LogP contribution in [-0.2, 0) is 11.5 Å². The molecule has 8 heteroatoms. The van der Waals surface area contributed by atoms with Crippen LogP contribution in [0.15, 0.2) is 72.8 Å². The van der Waals surface area contributed by atoms with Crippen LogP contribution in [-0.4, -0.2) is 36.4 Å². The Morgan fingerprint density at radius 1 is 1.03 bits per heavy atom. The molecule has 0 saturated heterocycles. The molecule has 36 heavy (non-hydrogen) atoms. The number of rotatable bonds is 10. The molecular formula is C28H32N4O3Si. The first-order chi connectivity index (χ1) is 17.2. The van der Waals surface area contributed by atoms with E-state index in [2.05, 4.69) is 19.6 Å². The third-order valence-electron chi connectivity index (χ3n) is 6.02. The van der Waals surface area contributed by atoms with Crippen molar-refractivity contribution in [3.05, 3.63) is 94.2 Å². The summed E-state index contributed by atoms with van der Waals surface area (Å²) in [4.78, 5) is 12.9. The van der Waals surface area contributed by atoms with Gasteiger partial charge in [-0.15, -0.1) is 0 Å². The van der Waals surface area contributed by atoms with Crippen molar-refractivity contribution >= 4 is 48.2 Å². The molecule has 0 N–H and O–H groups in total. The second kappa shape index (κ2) is 10.9. The lowest BCUT2D eigenvalue weighted by Gasteiger charge is -2.20. The summed E-state index contributed by atoms with van der Waals surface area (Å²) < 4.78 is 7.93. The number of aromatic nitrogens is 2. The lowest BCUT2D eigenvalue weighted by Crippen LogP contribution is -2.22. The van der Waals surface area contributed by atoms with Crippen molar-refractivity contribution in [2.24, 2.45) is 0 Å². The number of nitrogens with zero attached hydrogens (tertiary/aromatic N) is 4. The molecule has 0 radical (unpaired) electrons. The minimum absolute atomic E-state index is 0.0576. The molecule has 0 bridgehead atoms. The number of nitro groups is 1. The fourth-order valence-corrected chi connectivity index (χ4v) is 4.71. The van der Waals surface area contributed by atoms with Crippen molar-refractivity contribution < 1.29 is 9.66 Å². The normalized spacial score (nSPS) is 11.9. The summed E-state index contributed by atoms with van der Waals surface area (Å²) in [6.07, 6.45) is 4.06. The standard InChI is InChI=1S/C28H32N4O3Si/c1-30(23-12-8-13-24(20-23)32(33)34)26-14-9-15-27-28(26)25(17-16-22-10-6-5-7-11-22)29-31(27)21-35-18-19-36(2,3)4/h5-17,20H,18-19,21H2,1-4H3. The Balaban J connectivity index is 1.75. The van der Waals surface area contributed by atoms with Crippen LogP contribution in [0.1, 0.15) is 11.3 Å². The van der Waals surface area contributed by atoms with Crippen LogP contribution >= 0.6 is 0 Å². The zero-order valence-electron chi connectivity index (χ0n) is 21.2. The molecule has 0 fully saturated rings. The van der Waals surface area contributed by atoms with Gasteiger partial charge in [0, 0.05) is 39.5 Å². The van der Waals surface area contributed by atoms with E-state index in [1.54, 1.807) is 12.1 Å². The molecule has 0 aliphatic rings.